The number of nitrogens with zero attached hydrogens (tertiary/aromatic N) is 4. The maximum Gasteiger partial charge on any atom is 0.242 e. The van der Waals surface area contributed by atoms with Crippen LogP contribution in [0.2, 0.25) is 0 Å². The number of carbonyl (C=O) groups is 1. The third-order valence-electron chi connectivity index (χ3n) is 4.27. The second kappa shape index (κ2) is 6.83. The fourth-order valence-electron chi connectivity index (χ4n) is 2.88. The molecular weight excluding hydrogens is 292 g/mol. The molecule has 0 radical (unpaired) electrons. The van der Waals surface area contributed by atoms with E-state index in [-0.39, 0.29) is 5.91 Å². The van der Waals surface area contributed by atoms with Gasteiger partial charge in [0.2, 0.25) is 5.91 Å². The van der Waals surface area contributed by atoms with Gasteiger partial charge in [-0.2, -0.15) is 0 Å². The smallest absolute Gasteiger partial charge is 0.242 e. The van der Waals surface area contributed by atoms with Crippen LogP contribution in [0.1, 0.15) is 11.4 Å². The quantitative estimate of drug-likeness (QED) is 0.922. The zero-order valence-corrected chi connectivity index (χ0v) is 13.4. The van der Waals surface area contributed by atoms with Crippen LogP contribution in [0.3, 0.4) is 0 Å². The SMILES string of the molecule is Cc1nccn1CC(=O)N1CCN(Cc2cccc(O)c2)CC1. The van der Waals surface area contributed by atoms with Crippen molar-refractivity contribution >= 4 is 5.91 Å². The summed E-state index contributed by atoms with van der Waals surface area (Å²) in [6.45, 7) is 6.25. The fraction of sp³-hybridized carbons (Fsp3) is 0.412. The largest absolute Gasteiger partial charge is 0.508 e. The lowest BCUT2D eigenvalue weighted by Gasteiger charge is -2.35. The summed E-state index contributed by atoms with van der Waals surface area (Å²) in [5.41, 5.74) is 1.10. The molecule has 0 aliphatic carbocycles. The Labute approximate surface area is 136 Å². The molecule has 1 aromatic carbocycles. The number of carbonyl (C=O) groups excluding carboxylic acids is 1. The minimum absolute atomic E-state index is 0.142. The number of hydrogen-bond donors (Lipinski definition) is 1. The van der Waals surface area contributed by atoms with Crippen molar-refractivity contribution in [1.82, 2.24) is 19.4 Å². The highest BCUT2D eigenvalue weighted by molar-refractivity contribution is 5.76. The van der Waals surface area contributed by atoms with Crippen LogP contribution in [0.5, 0.6) is 5.75 Å². The van der Waals surface area contributed by atoms with Gasteiger partial charge in [-0.25, -0.2) is 4.98 Å². The number of imidazole rings is 1. The molecule has 3 rings (SSSR count). The van der Waals surface area contributed by atoms with Crippen LogP contribution in [-0.4, -0.2) is 56.5 Å². The van der Waals surface area contributed by atoms with Crippen LogP contribution < -0.4 is 0 Å². The minimum atomic E-state index is 0.142. The van der Waals surface area contributed by atoms with Crippen molar-refractivity contribution in [1.29, 1.82) is 0 Å². The average Bonchev–Trinajstić information content (AvgIpc) is 2.93. The topological polar surface area (TPSA) is 61.6 Å². The second-order valence-corrected chi connectivity index (χ2v) is 5.93. The summed E-state index contributed by atoms with van der Waals surface area (Å²) in [5.74, 6) is 1.30. The van der Waals surface area contributed by atoms with E-state index in [1.54, 1.807) is 18.3 Å². The van der Waals surface area contributed by atoms with Crippen molar-refractivity contribution in [3.05, 3.63) is 48.0 Å². The molecule has 1 aliphatic rings. The van der Waals surface area contributed by atoms with E-state index < -0.39 is 0 Å². The number of phenolic OH excluding ortho intramolecular Hbond substituents is 1. The van der Waals surface area contributed by atoms with E-state index in [4.69, 9.17) is 0 Å². The number of aromatic hydroxyl groups is 1. The standard InChI is InChI=1S/C17H22N4O2/c1-14-18-5-6-21(14)13-17(23)20-9-7-19(8-10-20)12-15-3-2-4-16(22)11-15/h2-6,11,22H,7-10,12-13H2,1H3. The molecule has 122 valence electrons. The zero-order valence-electron chi connectivity index (χ0n) is 13.4. The molecule has 6 nitrogen and oxygen atoms in total. The van der Waals surface area contributed by atoms with Crippen molar-refractivity contribution in [2.75, 3.05) is 26.2 Å². The normalized spacial score (nSPS) is 15.8. The number of piperazine rings is 1. The minimum Gasteiger partial charge on any atom is -0.508 e. The van der Waals surface area contributed by atoms with E-state index in [9.17, 15) is 9.90 Å². The number of benzene rings is 1. The highest BCUT2D eigenvalue weighted by atomic mass is 16.3. The molecule has 2 heterocycles. The van der Waals surface area contributed by atoms with Gasteiger partial charge in [0.1, 0.15) is 18.1 Å². The van der Waals surface area contributed by atoms with Gasteiger partial charge in [-0.1, -0.05) is 12.1 Å². The van der Waals surface area contributed by atoms with Crippen molar-refractivity contribution in [3.8, 4) is 5.75 Å². The molecule has 1 amide bonds. The maximum atomic E-state index is 12.4. The number of rotatable bonds is 4. The van der Waals surface area contributed by atoms with E-state index in [0.717, 1.165) is 44.1 Å². The Kier molecular flexibility index (Phi) is 4.62. The van der Waals surface area contributed by atoms with E-state index in [1.807, 2.05) is 34.7 Å². The number of amides is 1. The summed E-state index contributed by atoms with van der Waals surface area (Å²) in [4.78, 5) is 20.7. The summed E-state index contributed by atoms with van der Waals surface area (Å²) in [6, 6.07) is 7.34. The van der Waals surface area contributed by atoms with E-state index >= 15 is 0 Å². The van der Waals surface area contributed by atoms with Crippen molar-refractivity contribution in [2.24, 2.45) is 0 Å². The summed E-state index contributed by atoms with van der Waals surface area (Å²) >= 11 is 0. The Morgan fingerprint density at radius 2 is 2.04 bits per heavy atom. The van der Waals surface area contributed by atoms with Crippen LogP contribution in [0.25, 0.3) is 0 Å². The Balaban J connectivity index is 1.50. The third kappa shape index (κ3) is 3.90. The van der Waals surface area contributed by atoms with Gasteiger partial charge in [-0.15, -0.1) is 0 Å². The lowest BCUT2D eigenvalue weighted by Crippen LogP contribution is -2.49. The molecule has 1 saturated heterocycles. The Bertz CT molecular complexity index is 675. The monoisotopic (exact) mass is 314 g/mol. The molecule has 1 aromatic heterocycles. The Morgan fingerprint density at radius 1 is 1.26 bits per heavy atom. The van der Waals surface area contributed by atoms with Gasteiger partial charge < -0.3 is 14.6 Å². The summed E-state index contributed by atoms with van der Waals surface area (Å²) in [5, 5.41) is 9.52. The first kappa shape index (κ1) is 15.6. The second-order valence-electron chi connectivity index (χ2n) is 5.93. The highest BCUT2D eigenvalue weighted by Crippen LogP contribution is 2.14. The van der Waals surface area contributed by atoms with Crippen LogP contribution in [-0.2, 0) is 17.9 Å². The highest BCUT2D eigenvalue weighted by Gasteiger charge is 2.21. The van der Waals surface area contributed by atoms with Gasteiger partial charge in [0, 0.05) is 45.1 Å². The lowest BCUT2D eigenvalue weighted by molar-refractivity contribution is -0.133. The van der Waals surface area contributed by atoms with Crippen LogP contribution in [0.4, 0.5) is 0 Å². The lowest BCUT2D eigenvalue weighted by atomic mass is 10.2. The molecule has 6 heteroatoms. The predicted octanol–water partition coefficient (Wildman–Crippen LogP) is 1.24. The van der Waals surface area contributed by atoms with Gasteiger partial charge in [0.05, 0.1) is 0 Å². The molecule has 1 fully saturated rings. The molecule has 0 saturated carbocycles. The average molecular weight is 314 g/mol. The molecule has 0 bridgehead atoms. The van der Waals surface area contributed by atoms with Crippen molar-refractivity contribution in [2.45, 2.75) is 20.0 Å². The molecule has 1 aliphatic heterocycles. The number of aromatic nitrogens is 2. The van der Waals surface area contributed by atoms with E-state index in [0.29, 0.717) is 12.3 Å². The molecule has 2 aromatic rings. The van der Waals surface area contributed by atoms with E-state index in [1.165, 1.54) is 0 Å². The third-order valence-corrected chi connectivity index (χ3v) is 4.27. The first-order valence-corrected chi connectivity index (χ1v) is 7.87. The van der Waals surface area contributed by atoms with Crippen molar-refractivity contribution < 1.29 is 9.90 Å². The first-order chi connectivity index (χ1) is 11.1. The Hall–Kier alpha value is -2.34. The number of aryl methyl sites for hydroxylation is 1. The van der Waals surface area contributed by atoms with Gasteiger partial charge in [-0.05, 0) is 24.6 Å². The van der Waals surface area contributed by atoms with Crippen LogP contribution >= 0.6 is 0 Å². The summed E-state index contributed by atoms with van der Waals surface area (Å²) < 4.78 is 1.88. The first-order valence-electron chi connectivity index (χ1n) is 7.87. The molecule has 0 atom stereocenters. The van der Waals surface area contributed by atoms with Crippen molar-refractivity contribution in [3.63, 3.8) is 0 Å². The van der Waals surface area contributed by atoms with Crippen LogP contribution in [0, 0.1) is 6.92 Å². The molecule has 0 unspecified atom stereocenters. The molecule has 0 spiro atoms. The van der Waals surface area contributed by atoms with Gasteiger partial charge >= 0.3 is 0 Å². The molecule has 23 heavy (non-hydrogen) atoms. The Morgan fingerprint density at radius 3 is 2.70 bits per heavy atom. The fourth-order valence-corrected chi connectivity index (χ4v) is 2.88. The number of hydrogen-bond acceptors (Lipinski definition) is 4. The van der Waals surface area contributed by atoms with Crippen LogP contribution in [0.15, 0.2) is 36.7 Å². The zero-order chi connectivity index (χ0) is 16.2. The summed E-state index contributed by atoms with van der Waals surface area (Å²) in [7, 11) is 0. The van der Waals surface area contributed by atoms with Gasteiger partial charge in [-0.3, -0.25) is 9.69 Å². The molecular formula is C17H22N4O2. The maximum absolute atomic E-state index is 12.4. The van der Waals surface area contributed by atoms with E-state index in [2.05, 4.69) is 9.88 Å². The number of phenols is 1. The molecule has 1 N–H and O–H groups in total. The predicted molar refractivity (Wildman–Crippen MR) is 86.9 cm³/mol. The summed E-state index contributed by atoms with van der Waals surface area (Å²) in [6.07, 6.45) is 3.56. The van der Waals surface area contributed by atoms with Gasteiger partial charge in [0.15, 0.2) is 0 Å². The van der Waals surface area contributed by atoms with Gasteiger partial charge in [0.25, 0.3) is 0 Å².